The first-order valence-corrected chi connectivity index (χ1v) is 8.80. The van der Waals surface area contributed by atoms with Gasteiger partial charge in [0.2, 0.25) is 5.91 Å². The molecule has 0 atom stereocenters. The summed E-state index contributed by atoms with van der Waals surface area (Å²) in [6.07, 6.45) is 1.84. The lowest BCUT2D eigenvalue weighted by atomic mass is 10.2. The van der Waals surface area contributed by atoms with Crippen LogP contribution < -0.4 is 5.43 Å². The molecule has 2 aromatic carbocycles. The Kier molecular flexibility index (Phi) is 4.03. The first-order valence-electron chi connectivity index (χ1n) is 7.92. The van der Waals surface area contributed by atoms with E-state index in [1.165, 1.54) is 5.56 Å². The van der Waals surface area contributed by atoms with Gasteiger partial charge in [-0.3, -0.25) is 10.2 Å². The molecule has 5 nitrogen and oxygen atoms in total. The molecule has 2 aromatic heterocycles. The van der Waals surface area contributed by atoms with Crippen molar-refractivity contribution in [3.8, 4) is 10.6 Å². The van der Waals surface area contributed by atoms with Crippen molar-refractivity contribution in [3.63, 3.8) is 0 Å². The zero-order valence-electron chi connectivity index (χ0n) is 13.6. The molecule has 2 heterocycles. The molecule has 25 heavy (non-hydrogen) atoms. The minimum atomic E-state index is -0.121. The summed E-state index contributed by atoms with van der Waals surface area (Å²) in [6, 6.07) is 15.9. The molecular formula is C19H16N4OS. The van der Waals surface area contributed by atoms with Crippen molar-refractivity contribution in [1.82, 2.24) is 14.6 Å². The van der Waals surface area contributed by atoms with E-state index in [2.05, 4.69) is 46.6 Å². The highest BCUT2D eigenvalue weighted by atomic mass is 32.1. The molecule has 0 aliphatic heterocycles. The summed E-state index contributed by atoms with van der Waals surface area (Å²) in [6.45, 7) is 2.06. The van der Waals surface area contributed by atoms with E-state index in [1.54, 1.807) is 22.3 Å². The fourth-order valence-corrected chi connectivity index (χ4v) is 3.43. The third kappa shape index (κ3) is 3.29. The van der Waals surface area contributed by atoms with Crippen LogP contribution in [0.15, 0.2) is 60.2 Å². The van der Waals surface area contributed by atoms with Crippen LogP contribution in [0.4, 0.5) is 0 Å². The standard InChI is InChI=1S/C19H16N4OS/c1-13-6-8-14(9-7-13)19-21-15(11-25-19)10-18(24)22-23-12-20-16-4-2-3-5-17(16)23/h2-9,11-12H,10H2,1H3,(H,22,24). The Balaban J connectivity index is 1.47. The number of amides is 1. The Labute approximate surface area is 149 Å². The van der Waals surface area contributed by atoms with E-state index in [1.807, 2.05) is 29.6 Å². The second-order valence-corrected chi connectivity index (χ2v) is 6.68. The lowest BCUT2D eigenvalue weighted by molar-refractivity contribution is -0.116. The monoisotopic (exact) mass is 348 g/mol. The number of thiazole rings is 1. The molecule has 0 radical (unpaired) electrons. The van der Waals surface area contributed by atoms with Crippen molar-refractivity contribution in [2.75, 3.05) is 5.43 Å². The molecule has 0 fully saturated rings. The van der Waals surface area contributed by atoms with Gasteiger partial charge in [-0.05, 0) is 19.1 Å². The fraction of sp³-hybridized carbons (Fsp3) is 0.105. The van der Waals surface area contributed by atoms with Gasteiger partial charge in [-0.1, -0.05) is 42.0 Å². The molecule has 124 valence electrons. The number of hydrogen-bond acceptors (Lipinski definition) is 4. The largest absolute Gasteiger partial charge is 0.273 e. The third-order valence-electron chi connectivity index (χ3n) is 3.89. The van der Waals surface area contributed by atoms with Gasteiger partial charge < -0.3 is 0 Å². The number of aryl methyl sites for hydroxylation is 1. The molecule has 0 unspecified atom stereocenters. The number of imidazole rings is 1. The van der Waals surface area contributed by atoms with Gasteiger partial charge in [0, 0.05) is 10.9 Å². The second-order valence-electron chi connectivity index (χ2n) is 5.83. The predicted octanol–water partition coefficient (Wildman–Crippen LogP) is 3.78. The Morgan fingerprint density at radius 3 is 2.80 bits per heavy atom. The number of nitrogens with zero attached hydrogens (tertiary/aromatic N) is 3. The molecule has 4 aromatic rings. The van der Waals surface area contributed by atoms with Crippen molar-refractivity contribution in [3.05, 3.63) is 71.5 Å². The number of rotatable bonds is 4. The maximum Gasteiger partial charge on any atom is 0.244 e. The summed E-state index contributed by atoms with van der Waals surface area (Å²) in [5.41, 5.74) is 7.62. The molecule has 1 N–H and O–H groups in total. The van der Waals surface area contributed by atoms with Crippen LogP contribution in [0.1, 0.15) is 11.3 Å². The van der Waals surface area contributed by atoms with Gasteiger partial charge in [0.15, 0.2) is 0 Å². The van der Waals surface area contributed by atoms with Crippen LogP contribution in [0.2, 0.25) is 0 Å². The zero-order chi connectivity index (χ0) is 17.2. The van der Waals surface area contributed by atoms with E-state index in [-0.39, 0.29) is 12.3 Å². The first-order chi connectivity index (χ1) is 12.2. The van der Waals surface area contributed by atoms with Crippen molar-refractivity contribution < 1.29 is 4.79 Å². The van der Waals surface area contributed by atoms with Gasteiger partial charge in [0.1, 0.15) is 11.3 Å². The predicted molar refractivity (Wildman–Crippen MR) is 100 cm³/mol. The van der Waals surface area contributed by atoms with E-state index in [4.69, 9.17) is 0 Å². The average Bonchev–Trinajstić information content (AvgIpc) is 3.23. The van der Waals surface area contributed by atoms with Crippen LogP contribution in [-0.4, -0.2) is 20.6 Å². The van der Waals surface area contributed by atoms with Crippen LogP contribution in [-0.2, 0) is 11.2 Å². The van der Waals surface area contributed by atoms with Crippen molar-refractivity contribution in [1.29, 1.82) is 0 Å². The van der Waals surface area contributed by atoms with Crippen molar-refractivity contribution in [2.24, 2.45) is 0 Å². The summed E-state index contributed by atoms with van der Waals surface area (Å²) >= 11 is 1.55. The van der Waals surface area contributed by atoms with Crippen molar-refractivity contribution in [2.45, 2.75) is 13.3 Å². The third-order valence-corrected chi connectivity index (χ3v) is 4.83. The van der Waals surface area contributed by atoms with Gasteiger partial charge in [-0.25, -0.2) is 14.6 Å². The summed E-state index contributed by atoms with van der Waals surface area (Å²) in [4.78, 5) is 21.2. The molecule has 6 heteroatoms. The fourth-order valence-electron chi connectivity index (χ4n) is 2.60. The van der Waals surface area contributed by atoms with Crippen molar-refractivity contribution >= 4 is 28.3 Å². The Hall–Kier alpha value is -2.99. The minimum Gasteiger partial charge on any atom is -0.273 e. The van der Waals surface area contributed by atoms with Gasteiger partial charge in [-0.15, -0.1) is 11.3 Å². The molecule has 0 bridgehead atoms. The van der Waals surface area contributed by atoms with Gasteiger partial charge >= 0.3 is 0 Å². The highest BCUT2D eigenvalue weighted by molar-refractivity contribution is 7.13. The maximum atomic E-state index is 12.3. The van der Waals surface area contributed by atoms with E-state index in [0.717, 1.165) is 27.3 Å². The van der Waals surface area contributed by atoms with Crippen LogP contribution in [0.3, 0.4) is 0 Å². The molecule has 4 rings (SSSR count). The molecule has 0 spiro atoms. The second kappa shape index (κ2) is 6.49. The highest BCUT2D eigenvalue weighted by Gasteiger charge is 2.10. The van der Waals surface area contributed by atoms with E-state index < -0.39 is 0 Å². The number of carbonyl (C=O) groups is 1. The molecule has 0 aliphatic carbocycles. The number of hydrogen-bond donors (Lipinski definition) is 1. The average molecular weight is 348 g/mol. The van der Waals surface area contributed by atoms with Gasteiger partial charge in [-0.2, -0.15) is 0 Å². The summed E-state index contributed by atoms with van der Waals surface area (Å²) in [5.74, 6) is -0.121. The maximum absolute atomic E-state index is 12.3. The Morgan fingerprint density at radius 2 is 1.96 bits per heavy atom. The number of nitrogens with one attached hydrogen (secondary N) is 1. The summed E-state index contributed by atoms with van der Waals surface area (Å²) in [7, 11) is 0. The van der Waals surface area contributed by atoms with Crippen LogP contribution in [0.5, 0.6) is 0 Å². The number of fused-ring (bicyclic) bond motifs is 1. The Morgan fingerprint density at radius 1 is 1.16 bits per heavy atom. The molecule has 0 saturated carbocycles. The van der Waals surface area contributed by atoms with Crippen LogP contribution in [0, 0.1) is 6.92 Å². The highest BCUT2D eigenvalue weighted by Crippen LogP contribution is 2.24. The van der Waals surface area contributed by atoms with Gasteiger partial charge in [0.05, 0.1) is 23.1 Å². The molecule has 0 saturated heterocycles. The first kappa shape index (κ1) is 15.5. The minimum absolute atomic E-state index is 0.121. The SMILES string of the molecule is Cc1ccc(-c2nc(CC(=O)Nn3cnc4ccccc43)cs2)cc1. The topological polar surface area (TPSA) is 59.8 Å². The normalized spacial score (nSPS) is 10.9. The lowest BCUT2D eigenvalue weighted by Crippen LogP contribution is -2.23. The molecular weight excluding hydrogens is 332 g/mol. The zero-order valence-corrected chi connectivity index (χ0v) is 14.5. The number of para-hydroxylation sites is 2. The van der Waals surface area contributed by atoms with E-state index in [9.17, 15) is 4.79 Å². The number of benzene rings is 2. The summed E-state index contributed by atoms with van der Waals surface area (Å²) < 4.78 is 1.64. The van der Waals surface area contributed by atoms with E-state index in [0.29, 0.717) is 0 Å². The van der Waals surface area contributed by atoms with E-state index >= 15 is 0 Å². The lowest BCUT2D eigenvalue weighted by Gasteiger charge is -2.05. The smallest absolute Gasteiger partial charge is 0.244 e. The summed E-state index contributed by atoms with van der Waals surface area (Å²) in [5, 5.41) is 2.86. The van der Waals surface area contributed by atoms with Crippen LogP contribution in [0.25, 0.3) is 21.6 Å². The quantitative estimate of drug-likeness (QED) is 0.610. The Bertz CT molecular complexity index is 1030. The number of aromatic nitrogens is 3. The van der Waals surface area contributed by atoms with Gasteiger partial charge in [0.25, 0.3) is 0 Å². The number of carbonyl (C=O) groups excluding carboxylic acids is 1. The van der Waals surface area contributed by atoms with Crippen LogP contribution >= 0.6 is 11.3 Å². The molecule has 1 amide bonds. The molecule has 0 aliphatic rings.